The zero-order chi connectivity index (χ0) is 17.3. The van der Waals surface area contributed by atoms with Crippen molar-refractivity contribution in [1.29, 1.82) is 0 Å². The molecule has 0 bridgehead atoms. The van der Waals surface area contributed by atoms with E-state index in [1.807, 2.05) is 6.92 Å². The SMILES string of the molecule is CCc1nc(S[C@@H](C)C(=O)OC)c2c(=O)n(C)c(=O)n(C)c2n1. The Balaban J connectivity index is 2.80. The maximum Gasteiger partial charge on any atom is 0.332 e. The zero-order valence-electron chi connectivity index (χ0n) is 13.6. The Bertz CT molecular complexity index is 887. The second-order valence-electron chi connectivity index (χ2n) is 4.99. The quantitative estimate of drug-likeness (QED) is 0.448. The van der Waals surface area contributed by atoms with E-state index in [0.717, 1.165) is 16.3 Å². The second-order valence-corrected chi connectivity index (χ2v) is 6.32. The Kier molecular flexibility index (Phi) is 4.88. The molecule has 0 amide bonds. The molecule has 2 heterocycles. The van der Waals surface area contributed by atoms with Gasteiger partial charge in [-0.05, 0) is 6.92 Å². The van der Waals surface area contributed by atoms with Crippen LogP contribution in [0.1, 0.15) is 19.7 Å². The summed E-state index contributed by atoms with van der Waals surface area (Å²) in [4.78, 5) is 44.9. The molecule has 124 valence electrons. The van der Waals surface area contributed by atoms with Crippen molar-refractivity contribution in [2.75, 3.05) is 7.11 Å². The summed E-state index contributed by atoms with van der Waals surface area (Å²) >= 11 is 1.12. The first-order valence-corrected chi connectivity index (χ1v) is 7.90. The van der Waals surface area contributed by atoms with Crippen molar-refractivity contribution in [1.82, 2.24) is 19.1 Å². The van der Waals surface area contributed by atoms with Crippen molar-refractivity contribution < 1.29 is 9.53 Å². The van der Waals surface area contributed by atoms with E-state index in [4.69, 9.17) is 4.74 Å². The van der Waals surface area contributed by atoms with E-state index in [1.165, 1.54) is 18.7 Å². The summed E-state index contributed by atoms with van der Waals surface area (Å²) in [5.74, 6) is 0.0850. The summed E-state index contributed by atoms with van der Waals surface area (Å²) in [6, 6.07) is 0. The summed E-state index contributed by atoms with van der Waals surface area (Å²) in [7, 11) is 4.25. The molecule has 2 aromatic rings. The van der Waals surface area contributed by atoms with E-state index in [-0.39, 0.29) is 11.0 Å². The van der Waals surface area contributed by atoms with E-state index < -0.39 is 22.5 Å². The summed E-state index contributed by atoms with van der Waals surface area (Å²) in [6.07, 6.45) is 0.541. The Morgan fingerprint density at radius 3 is 2.48 bits per heavy atom. The summed E-state index contributed by atoms with van der Waals surface area (Å²) in [5.41, 5.74) is -0.671. The average Bonchev–Trinajstić information content (AvgIpc) is 2.56. The average molecular weight is 338 g/mol. The largest absolute Gasteiger partial charge is 0.468 e. The van der Waals surface area contributed by atoms with Crippen LogP contribution in [-0.2, 0) is 30.0 Å². The third kappa shape index (κ3) is 3.00. The van der Waals surface area contributed by atoms with Crippen molar-refractivity contribution in [3.8, 4) is 0 Å². The highest BCUT2D eigenvalue weighted by Gasteiger charge is 2.22. The number of esters is 1. The minimum absolute atomic E-state index is 0.229. The molecule has 8 nitrogen and oxygen atoms in total. The molecule has 0 aliphatic rings. The van der Waals surface area contributed by atoms with Crippen molar-refractivity contribution in [3.63, 3.8) is 0 Å². The highest BCUT2D eigenvalue weighted by Crippen LogP contribution is 2.26. The molecule has 2 rings (SSSR count). The standard InChI is InChI=1S/C14H18N4O4S/c1-6-8-15-10-9(12(19)18(4)14(21)17(10)3)11(16-8)23-7(2)13(20)22-5/h7H,6H2,1-5H3/t7-/m0/s1. The van der Waals surface area contributed by atoms with Crippen LogP contribution in [0, 0.1) is 0 Å². The predicted octanol–water partition coefficient (Wildman–Crippen LogP) is 0.243. The molecule has 0 fully saturated rings. The minimum Gasteiger partial charge on any atom is -0.468 e. The van der Waals surface area contributed by atoms with Crippen LogP contribution in [0.3, 0.4) is 0 Å². The molecule has 0 radical (unpaired) electrons. The Morgan fingerprint density at radius 2 is 1.91 bits per heavy atom. The highest BCUT2D eigenvalue weighted by molar-refractivity contribution is 8.00. The number of rotatable bonds is 4. The Morgan fingerprint density at radius 1 is 1.26 bits per heavy atom. The minimum atomic E-state index is -0.537. The molecule has 0 aliphatic carbocycles. The third-order valence-corrected chi connectivity index (χ3v) is 4.52. The summed E-state index contributed by atoms with van der Waals surface area (Å²) < 4.78 is 7.02. The topological polar surface area (TPSA) is 96.1 Å². The molecule has 9 heteroatoms. The van der Waals surface area contributed by atoms with Crippen LogP contribution in [0.25, 0.3) is 11.0 Å². The lowest BCUT2D eigenvalue weighted by Crippen LogP contribution is -2.38. The normalized spacial score (nSPS) is 12.4. The van der Waals surface area contributed by atoms with Gasteiger partial charge >= 0.3 is 11.7 Å². The molecule has 0 spiro atoms. The Hall–Kier alpha value is -2.16. The van der Waals surface area contributed by atoms with Gasteiger partial charge in [-0.15, -0.1) is 0 Å². The molecule has 2 aromatic heterocycles. The lowest BCUT2D eigenvalue weighted by atomic mass is 10.3. The van der Waals surface area contributed by atoms with Crippen molar-refractivity contribution in [2.24, 2.45) is 14.1 Å². The zero-order valence-corrected chi connectivity index (χ0v) is 14.4. The number of carbonyl (C=O) groups excluding carboxylic acids is 1. The maximum absolute atomic E-state index is 12.5. The first kappa shape index (κ1) is 17.2. The number of hydrogen-bond donors (Lipinski definition) is 0. The molecule has 0 saturated carbocycles. The molecule has 1 atom stereocenters. The van der Waals surface area contributed by atoms with Gasteiger partial charge in [0.05, 0.1) is 7.11 Å². The van der Waals surface area contributed by atoms with Gasteiger partial charge in [-0.25, -0.2) is 14.8 Å². The molecule has 0 saturated heterocycles. The summed E-state index contributed by atoms with van der Waals surface area (Å²) in [5, 5.41) is 0.0678. The summed E-state index contributed by atoms with van der Waals surface area (Å²) in [6.45, 7) is 3.54. The smallest absolute Gasteiger partial charge is 0.332 e. The van der Waals surface area contributed by atoms with Gasteiger partial charge in [-0.1, -0.05) is 18.7 Å². The van der Waals surface area contributed by atoms with Gasteiger partial charge in [0.1, 0.15) is 21.5 Å². The molecule has 0 aromatic carbocycles. The van der Waals surface area contributed by atoms with Gasteiger partial charge in [0, 0.05) is 20.5 Å². The number of aromatic nitrogens is 4. The third-order valence-electron chi connectivity index (χ3n) is 3.45. The van der Waals surface area contributed by atoms with Gasteiger partial charge in [0.25, 0.3) is 5.56 Å². The number of nitrogens with zero attached hydrogens (tertiary/aromatic N) is 4. The monoisotopic (exact) mass is 338 g/mol. The van der Waals surface area contributed by atoms with E-state index in [0.29, 0.717) is 17.3 Å². The molecular formula is C14H18N4O4S. The number of ether oxygens (including phenoxy) is 1. The Labute approximate surface area is 136 Å². The van der Waals surface area contributed by atoms with Gasteiger partial charge in [0.2, 0.25) is 0 Å². The van der Waals surface area contributed by atoms with E-state index in [9.17, 15) is 14.4 Å². The lowest BCUT2D eigenvalue weighted by Gasteiger charge is -2.13. The number of hydrogen-bond acceptors (Lipinski definition) is 7. The number of carbonyl (C=O) groups is 1. The second kappa shape index (κ2) is 6.53. The fraction of sp³-hybridized carbons (Fsp3) is 0.500. The first-order chi connectivity index (χ1) is 10.8. The van der Waals surface area contributed by atoms with Gasteiger partial charge in [-0.3, -0.25) is 18.7 Å². The number of methoxy groups -OCH3 is 1. The molecular weight excluding hydrogens is 320 g/mol. The molecule has 0 unspecified atom stereocenters. The van der Waals surface area contributed by atoms with Gasteiger partial charge in [-0.2, -0.15) is 0 Å². The van der Waals surface area contributed by atoms with Gasteiger partial charge in [0.15, 0.2) is 5.65 Å². The van der Waals surface area contributed by atoms with Crippen molar-refractivity contribution in [3.05, 3.63) is 26.7 Å². The van der Waals surface area contributed by atoms with Crippen LogP contribution >= 0.6 is 11.8 Å². The lowest BCUT2D eigenvalue weighted by molar-refractivity contribution is -0.139. The predicted molar refractivity (Wildman–Crippen MR) is 86.7 cm³/mol. The van der Waals surface area contributed by atoms with Crippen molar-refractivity contribution >= 4 is 28.8 Å². The van der Waals surface area contributed by atoms with Crippen LogP contribution in [0.15, 0.2) is 14.6 Å². The highest BCUT2D eigenvalue weighted by atomic mass is 32.2. The van der Waals surface area contributed by atoms with Crippen LogP contribution in [0.4, 0.5) is 0 Å². The molecule has 0 N–H and O–H groups in total. The first-order valence-electron chi connectivity index (χ1n) is 7.02. The van der Waals surface area contributed by atoms with Gasteiger partial charge < -0.3 is 4.74 Å². The number of fused-ring (bicyclic) bond motifs is 1. The van der Waals surface area contributed by atoms with Crippen LogP contribution < -0.4 is 11.2 Å². The van der Waals surface area contributed by atoms with E-state index in [2.05, 4.69) is 9.97 Å². The fourth-order valence-corrected chi connectivity index (χ4v) is 3.08. The molecule has 0 aliphatic heterocycles. The number of aryl methyl sites for hydroxylation is 2. The number of thioether (sulfide) groups is 1. The fourth-order valence-electron chi connectivity index (χ4n) is 2.10. The molecule has 23 heavy (non-hydrogen) atoms. The van der Waals surface area contributed by atoms with Crippen LogP contribution in [0.2, 0.25) is 0 Å². The van der Waals surface area contributed by atoms with E-state index >= 15 is 0 Å². The maximum atomic E-state index is 12.5. The van der Waals surface area contributed by atoms with Crippen LogP contribution in [0.5, 0.6) is 0 Å². The van der Waals surface area contributed by atoms with E-state index in [1.54, 1.807) is 14.0 Å². The van der Waals surface area contributed by atoms with Crippen LogP contribution in [-0.4, -0.2) is 37.4 Å². The van der Waals surface area contributed by atoms with Crippen molar-refractivity contribution in [2.45, 2.75) is 30.5 Å².